The van der Waals surface area contributed by atoms with Crippen molar-refractivity contribution in [3.8, 4) is 0 Å². The Morgan fingerprint density at radius 2 is 1.55 bits per heavy atom. The molecule has 3 aromatic carbocycles. The van der Waals surface area contributed by atoms with Crippen LogP contribution in [0.25, 0.3) is 0 Å². The SMILES string of the molecule is O=C(O)CCCc1cc(F)ccc1CN(c1cc(F)ccc1F)S(=O)(=O)c1ccc(Cl)cc1. The van der Waals surface area contributed by atoms with Gasteiger partial charge in [0.1, 0.15) is 17.5 Å². The molecular formula is C23H19ClF3NO4S. The highest BCUT2D eigenvalue weighted by atomic mass is 35.5. The Morgan fingerprint density at radius 1 is 0.909 bits per heavy atom. The molecule has 5 nitrogen and oxygen atoms in total. The lowest BCUT2D eigenvalue weighted by molar-refractivity contribution is -0.137. The molecule has 0 aliphatic rings. The van der Waals surface area contributed by atoms with Crippen molar-refractivity contribution >= 4 is 33.3 Å². The molecule has 0 bridgehead atoms. The van der Waals surface area contributed by atoms with E-state index in [1.165, 1.54) is 36.4 Å². The highest BCUT2D eigenvalue weighted by molar-refractivity contribution is 7.92. The van der Waals surface area contributed by atoms with Gasteiger partial charge in [-0.15, -0.1) is 0 Å². The number of rotatable bonds is 9. The third kappa shape index (κ3) is 6.06. The number of anilines is 1. The fraction of sp³-hybridized carbons (Fsp3) is 0.174. The fourth-order valence-corrected chi connectivity index (χ4v) is 4.85. The van der Waals surface area contributed by atoms with Crippen molar-refractivity contribution in [3.63, 3.8) is 0 Å². The number of aliphatic carboxylic acids is 1. The van der Waals surface area contributed by atoms with E-state index in [0.29, 0.717) is 15.4 Å². The molecule has 0 aromatic heterocycles. The van der Waals surface area contributed by atoms with E-state index in [2.05, 4.69) is 0 Å². The van der Waals surface area contributed by atoms with Crippen LogP contribution in [-0.2, 0) is 27.8 Å². The summed E-state index contributed by atoms with van der Waals surface area (Å²) in [6.07, 6.45) is 0.172. The molecule has 3 aromatic rings. The molecule has 174 valence electrons. The Hall–Kier alpha value is -3.04. The summed E-state index contributed by atoms with van der Waals surface area (Å²) in [5.41, 5.74) is 0.165. The molecule has 1 N–H and O–H groups in total. The quantitative estimate of drug-likeness (QED) is 0.420. The summed E-state index contributed by atoms with van der Waals surface area (Å²) in [5, 5.41) is 9.16. The second-order valence-electron chi connectivity index (χ2n) is 7.22. The van der Waals surface area contributed by atoms with E-state index in [4.69, 9.17) is 16.7 Å². The van der Waals surface area contributed by atoms with Gasteiger partial charge in [0.05, 0.1) is 17.1 Å². The molecular weight excluding hydrogens is 479 g/mol. The number of aryl methyl sites for hydroxylation is 1. The molecule has 10 heteroatoms. The van der Waals surface area contributed by atoms with Crippen molar-refractivity contribution < 1.29 is 31.5 Å². The van der Waals surface area contributed by atoms with Gasteiger partial charge in [0, 0.05) is 17.5 Å². The van der Waals surface area contributed by atoms with Crippen LogP contribution in [0, 0.1) is 17.5 Å². The Labute approximate surface area is 194 Å². The third-order valence-electron chi connectivity index (χ3n) is 4.90. The molecule has 0 saturated carbocycles. The molecule has 0 aliphatic heterocycles. The zero-order valence-electron chi connectivity index (χ0n) is 17.1. The largest absolute Gasteiger partial charge is 0.481 e. The number of hydrogen-bond acceptors (Lipinski definition) is 3. The number of halogens is 4. The van der Waals surface area contributed by atoms with Crippen LogP contribution in [0.5, 0.6) is 0 Å². The highest BCUT2D eigenvalue weighted by Gasteiger charge is 2.28. The van der Waals surface area contributed by atoms with Crippen molar-refractivity contribution in [1.29, 1.82) is 0 Å². The van der Waals surface area contributed by atoms with Crippen LogP contribution in [0.2, 0.25) is 5.02 Å². The van der Waals surface area contributed by atoms with Crippen LogP contribution in [0.3, 0.4) is 0 Å². The van der Waals surface area contributed by atoms with Crippen LogP contribution in [-0.4, -0.2) is 19.5 Å². The molecule has 0 atom stereocenters. The Balaban J connectivity index is 2.09. The summed E-state index contributed by atoms with van der Waals surface area (Å²) in [6, 6.07) is 11.2. The van der Waals surface area contributed by atoms with Crippen molar-refractivity contribution in [1.82, 2.24) is 0 Å². The van der Waals surface area contributed by atoms with Gasteiger partial charge < -0.3 is 5.11 Å². The lowest BCUT2D eigenvalue weighted by atomic mass is 10.0. The van der Waals surface area contributed by atoms with E-state index in [0.717, 1.165) is 24.3 Å². The van der Waals surface area contributed by atoms with Gasteiger partial charge in [-0.25, -0.2) is 21.6 Å². The molecule has 3 rings (SSSR count). The van der Waals surface area contributed by atoms with Crippen LogP contribution < -0.4 is 4.31 Å². The number of benzene rings is 3. The van der Waals surface area contributed by atoms with Gasteiger partial charge in [0.25, 0.3) is 10.0 Å². The van der Waals surface area contributed by atoms with E-state index in [1.54, 1.807) is 0 Å². The first-order chi connectivity index (χ1) is 15.6. The predicted octanol–water partition coefficient (Wildman–Crippen LogP) is 5.56. The molecule has 0 saturated heterocycles. The number of nitrogens with zero attached hydrogens (tertiary/aromatic N) is 1. The zero-order chi connectivity index (χ0) is 24.2. The molecule has 0 spiro atoms. The third-order valence-corrected chi connectivity index (χ3v) is 6.92. The molecule has 0 amide bonds. The lowest BCUT2D eigenvalue weighted by Gasteiger charge is -2.26. The van der Waals surface area contributed by atoms with Gasteiger partial charge in [-0.3, -0.25) is 9.10 Å². The molecule has 0 aliphatic carbocycles. The second kappa shape index (κ2) is 10.3. The van der Waals surface area contributed by atoms with Gasteiger partial charge in [0.15, 0.2) is 0 Å². The number of carboxylic acid groups (broad SMARTS) is 1. The normalized spacial score (nSPS) is 11.4. The zero-order valence-corrected chi connectivity index (χ0v) is 18.7. The van der Waals surface area contributed by atoms with Gasteiger partial charge >= 0.3 is 5.97 Å². The van der Waals surface area contributed by atoms with Crippen LogP contribution in [0.4, 0.5) is 18.9 Å². The van der Waals surface area contributed by atoms with Crippen LogP contribution in [0.15, 0.2) is 65.6 Å². The molecule has 0 heterocycles. The van der Waals surface area contributed by atoms with Crippen LogP contribution in [0.1, 0.15) is 24.0 Å². The summed E-state index contributed by atoms with van der Waals surface area (Å²) in [6.45, 7) is -0.436. The standard InChI is InChI=1S/C23H19ClF3NO4S/c24-17-5-9-20(10-6-17)33(31,32)28(22-13-19(26)8-11-21(22)27)14-16-4-7-18(25)12-15(16)2-1-3-23(29)30/h4-13H,1-3,14H2,(H,29,30). The summed E-state index contributed by atoms with van der Waals surface area (Å²) >= 11 is 5.85. The summed E-state index contributed by atoms with van der Waals surface area (Å²) in [7, 11) is -4.39. The van der Waals surface area contributed by atoms with Crippen molar-refractivity contribution in [2.75, 3.05) is 4.31 Å². The second-order valence-corrected chi connectivity index (χ2v) is 9.52. The van der Waals surface area contributed by atoms with Gasteiger partial charge in [0.2, 0.25) is 0 Å². The average Bonchev–Trinajstić information content (AvgIpc) is 2.75. The fourth-order valence-electron chi connectivity index (χ4n) is 3.28. The average molecular weight is 498 g/mol. The van der Waals surface area contributed by atoms with E-state index in [1.807, 2.05) is 0 Å². The van der Waals surface area contributed by atoms with E-state index in [9.17, 15) is 26.4 Å². The molecule has 33 heavy (non-hydrogen) atoms. The molecule has 0 unspecified atom stereocenters. The van der Waals surface area contributed by atoms with Gasteiger partial charge in [-0.1, -0.05) is 17.7 Å². The highest BCUT2D eigenvalue weighted by Crippen LogP contribution is 2.31. The first-order valence-electron chi connectivity index (χ1n) is 9.80. The number of sulfonamides is 1. The molecule has 0 radical (unpaired) electrons. The van der Waals surface area contributed by atoms with Gasteiger partial charge in [-0.2, -0.15) is 0 Å². The number of carbonyl (C=O) groups is 1. The topological polar surface area (TPSA) is 74.7 Å². The Bertz CT molecular complexity index is 1270. The van der Waals surface area contributed by atoms with Crippen molar-refractivity contribution in [2.24, 2.45) is 0 Å². The maximum atomic E-state index is 14.7. The van der Waals surface area contributed by atoms with Crippen LogP contribution >= 0.6 is 11.6 Å². The summed E-state index contributed by atoms with van der Waals surface area (Å²) < 4.78 is 70.1. The van der Waals surface area contributed by atoms with Crippen molar-refractivity contribution in [3.05, 3.63) is 94.3 Å². The monoisotopic (exact) mass is 497 g/mol. The van der Waals surface area contributed by atoms with E-state index in [-0.39, 0.29) is 29.2 Å². The maximum absolute atomic E-state index is 14.7. The van der Waals surface area contributed by atoms with E-state index >= 15 is 0 Å². The first kappa shape index (κ1) is 24.6. The number of carboxylic acids is 1. The van der Waals surface area contributed by atoms with Gasteiger partial charge in [-0.05, 0) is 72.5 Å². The Morgan fingerprint density at radius 3 is 2.21 bits per heavy atom. The lowest BCUT2D eigenvalue weighted by Crippen LogP contribution is -2.32. The summed E-state index contributed by atoms with van der Waals surface area (Å²) in [5.74, 6) is -3.43. The minimum Gasteiger partial charge on any atom is -0.481 e. The number of hydrogen-bond donors (Lipinski definition) is 1. The minimum atomic E-state index is -4.39. The maximum Gasteiger partial charge on any atom is 0.303 e. The minimum absolute atomic E-state index is 0.153. The molecule has 0 fully saturated rings. The Kier molecular flexibility index (Phi) is 7.65. The first-order valence-corrected chi connectivity index (χ1v) is 11.6. The smallest absolute Gasteiger partial charge is 0.303 e. The predicted molar refractivity (Wildman–Crippen MR) is 118 cm³/mol. The van der Waals surface area contributed by atoms with E-state index < -0.39 is 45.7 Å². The summed E-state index contributed by atoms with van der Waals surface area (Å²) in [4.78, 5) is 10.6. The van der Waals surface area contributed by atoms with Crippen molar-refractivity contribution in [2.45, 2.75) is 30.7 Å².